The van der Waals surface area contributed by atoms with Crippen LogP contribution in [-0.2, 0) is 20.8 Å². The van der Waals surface area contributed by atoms with E-state index in [1.165, 1.54) is 6.92 Å². The van der Waals surface area contributed by atoms with Crippen molar-refractivity contribution in [2.45, 2.75) is 32.6 Å². The number of unbranched alkanes of at least 4 members (excludes halogenated alkanes) is 1. The number of hydrogen-bond donors (Lipinski definition) is 2. The van der Waals surface area contributed by atoms with Crippen LogP contribution in [0.5, 0.6) is 0 Å². The summed E-state index contributed by atoms with van der Waals surface area (Å²) in [5.41, 5.74) is 1.06. The van der Waals surface area contributed by atoms with Crippen molar-refractivity contribution in [3.8, 4) is 0 Å². The molecule has 23 heavy (non-hydrogen) atoms. The molecule has 0 fully saturated rings. The molecule has 0 radical (unpaired) electrons. The molecule has 1 aromatic carbocycles. The SMILES string of the molecule is CC(=O)SCC(Cc1ccccc1)C(=O)NCCCCC(=O)O. The van der Waals surface area contributed by atoms with Crippen molar-refractivity contribution in [3.63, 3.8) is 0 Å². The maximum absolute atomic E-state index is 12.3. The number of carboxylic acid groups (broad SMARTS) is 1. The maximum atomic E-state index is 12.3. The van der Waals surface area contributed by atoms with Gasteiger partial charge in [-0.25, -0.2) is 0 Å². The lowest BCUT2D eigenvalue weighted by Crippen LogP contribution is -2.34. The van der Waals surface area contributed by atoms with E-state index in [4.69, 9.17) is 5.11 Å². The quantitative estimate of drug-likeness (QED) is 0.641. The van der Waals surface area contributed by atoms with E-state index in [2.05, 4.69) is 5.32 Å². The van der Waals surface area contributed by atoms with Crippen molar-refractivity contribution in [1.82, 2.24) is 5.32 Å². The summed E-state index contributed by atoms with van der Waals surface area (Å²) in [7, 11) is 0. The monoisotopic (exact) mass is 337 g/mol. The predicted molar refractivity (Wildman–Crippen MR) is 91.3 cm³/mol. The van der Waals surface area contributed by atoms with Crippen LogP contribution in [0, 0.1) is 5.92 Å². The molecule has 0 aliphatic rings. The highest BCUT2D eigenvalue weighted by Crippen LogP contribution is 2.16. The van der Waals surface area contributed by atoms with Gasteiger partial charge in [0.05, 0.1) is 5.92 Å². The summed E-state index contributed by atoms with van der Waals surface area (Å²) in [5, 5.41) is 11.4. The molecule has 0 aliphatic heterocycles. The summed E-state index contributed by atoms with van der Waals surface area (Å²) in [5.74, 6) is -0.731. The molecule has 0 bridgehead atoms. The van der Waals surface area contributed by atoms with Crippen LogP contribution in [0.25, 0.3) is 0 Å². The fourth-order valence-corrected chi connectivity index (χ4v) is 2.81. The Kier molecular flexibility index (Phi) is 9.05. The summed E-state index contributed by atoms with van der Waals surface area (Å²) in [6.07, 6.45) is 1.88. The number of amides is 1. The number of carboxylic acids is 1. The van der Waals surface area contributed by atoms with Gasteiger partial charge in [0, 0.05) is 25.6 Å². The fraction of sp³-hybridized carbons (Fsp3) is 0.471. The third-order valence-electron chi connectivity index (χ3n) is 3.30. The number of benzene rings is 1. The molecule has 0 aliphatic carbocycles. The van der Waals surface area contributed by atoms with E-state index in [0.717, 1.165) is 17.3 Å². The van der Waals surface area contributed by atoms with E-state index in [9.17, 15) is 14.4 Å². The molecule has 0 saturated heterocycles. The number of carbonyl (C=O) groups is 3. The lowest BCUT2D eigenvalue weighted by Gasteiger charge is -2.16. The van der Waals surface area contributed by atoms with Gasteiger partial charge in [-0.1, -0.05) is 42.1 Å². The van der Waals surface area contributed by atoms with E-state index < -0.39 is 5.97 Å². The maximum Gasteiger partial charge on any atom is 0.303 e. The van der Waals surface area contributed by atoms with Crippen molar-refractivity contribution >= 4 is 28.8 Å². The fourth-order valence-electron chi connectivity index (χ4n) is 2.10. The van der Waals surface area contributed by atoms with Gasteiger partial charge in [0.2, 0.25) is 5.91 Å². The van der Waals surface area contributed by atoms with Gasteiger partial charge in [-0.05, 0) is 24.8 Å². The van der Waals surface area contributed by atoms with Crippen LogP contribution in [0.1, 0.15) is 31.7 Å². The molecule has 1 amide bonds. The third-order valence-corrected chi connectivity index (χ3v) is 4.28. The third kappa shape index (κ3) is 9.03. The van der Waals surface area contributed by atoms with Crippen LogP contribution in [-0.4, -0.2) is 34.4 Å². The zero-order valence-electron chi connectivity index (χ0n) is 13.3. The second kappa shape index (κ2) is 10.8. The molecule has 1 rings (SSSR count). The highest BCUT2D eigenvalue weighted by atomic mass is 32.2. The van der Waals surface area contributed by atoms with E-state index in [1.807, 2.05) is 30.3 Å². The Morgan fingerprint density at radius 1 is 1.17 bits per heavy atom. The first-order valence-electron chi connectivity index (χ1n) is 7.66. The summed E-state index contributed by atoms with van der Waals surface area (Å²) < 4.78 is 0. The zero-order valence-corrected chi connectivity index (χ0v) is 14.1. The summed E-state index contributed by atoms with van der Waals surface area (Å²) in [6, 6.07) is 9.70. The first-order chi connectivity index (χ1) is 11.0. The van der Waals surface area contributed by atoms with Crippen LogP contribution >= 0.6 is 11.8 Å². The summed E-state index contributed by atoms with van der Waals surface area (Å²) in [4.78, 5) is 33.9. The molecular weight excluding hydrogens is 314 g/mol. The summed E-state index contributed by atoms with van der Waals surface area (Å²) in [6.45, 7) is 1.95. The second-order valence-electron chi connectivity index (χ2n) is 5.33. The van der Waals surface area contributed by atoms with Crippen LogP contribution in [0.4, 0.5) is 0 Å². The lowest BCUT2D eigenvalue weighted by atomic mass is 10.00. The van der Waals surface area contributed by atoms with Crippen LogP contribution < -0.4 is 5.32 Å². The highest BCUT2D eigenvalue weighted by molar-refractivity contribution is 8.13. The van der Waals surface area contributed by atoms with Crippen molar-refractivity contribution < 1.29 is 19.5 Å². The van der Waals surface area contributed by atoms with Crippen molar-refractivity contribution in [2.75, 3.05) is 12.3 Å². The number of nitrogens with one attached hydrogen (secondary N) is 1. The average Bonchev–Trinajstić information content (AvgIpc) is 2.51. The molecular formula is C17H23NO4S. The Bertz CT molecular complexity index is 519. The number of rotatable bonds is 10. The molecule has 0 aromatic heterocycles. The number of carbonyl (C=O) groups excluding carboxylic acids is 2. The normalized spacial score (nSPS) is 11.7. The Balaban J connectivity index is 2.48. The molecule has 0 saturated carbocycles. The van der Waals surface area contributed by atoms with Crippen LogP contribution in [0.3, 0.4) is 0 Å². The van der Waals surface area contributed by atoms with Gasteiger partial charge in [0.1, 0.15) is 0 Å². The van der Waals surface area contributed by atoms with Gasteiger partial charge in [-0.3, -0.25) is 14.4 Å². The molecule has 6 heteroatoms. The Hall–Kier alpha value is -1.82. The van der Waals surface area contributed by atoms with Gasteiger partial charge in [-0.2, -0.15) is 0 Å². The first kappa shape index (κ1) is 19.2. The zero-order chi connectivity index (χ0) is 17.1. The Labute approximate surface area is 140 Å². The average molecular weight is 337 g/mol. The Morgan fingerprint density at radius 3 is 2.48 bits per heavy atom. The molecule has 1 aromatic rings. The van der Waals surface area contributed by atoms with E-state index in [-0.39, 0.29) is 23.4 Å². The van der Waals surface area contributed by atoms with Gasteiger partial charge in [0.15, 0.2) is 5.12 Å². The molecule has 0 heterocycles. The van der Waals surface area contributed by atoms with Crippen molar-refractivity contribution in [3.05, 3.63) is 35.9 Å². The van der Waals surface area contributed by atoms with Gasteiger partial charge in [0.25, 0.3) is 0 Å². The summed E-state index contributed by atoms with van der Waals surface area (Å²) >= 11 is 1.16. The minimum absolute atomic E-state index is 0.00248. The number of aliphatic carboxylic acids is 1. The van der Waals surface area contributed by atoms with E-state index in [1.54, 1.807) is 0 Å². The lowest BCUT2D eigenvalue weighted by molar-refractivity contribution is -0.137. The number of hydrogen-bond acceptors (Lipinski definition) is 4. The van der Waals surface area contributed by atoms with Gasteiger partial charge >= 0.3 is 5.97 Å². The topological polar surface area (TPSA) is 83.5 Å². The largest absolute Gasteiger partial charge is 0.481 e. The Morgan fingerprint density at radius 2 is 1.87 bits per heavy atom. The molecule has 5 nitrogen and oxygen atoms in total. The number of thioether (sulfide) groups is 1. The first-order valence-corrected chi connectivity index (χ1v) is 8.64. The second-order valence-corrected chi connectivity index (χ2v) is 6.53. The van der Waals surface area contributed by atoms with Gasteiger partial charge < -0.3 is 10.4 Å². The molecule has 2 N–H and O–H groups in total. The molecule has 1 unspecified atom stereocenters. The smallest absolute Gasteiger partial charge is 0.303 e. The highest BCUT2D eigenvalue weighted by Gasteiger charge is 2.19. The van der Waals surface area contributed by atoms with Gasteiger partial charge in [-0.15, -0.1) is 0 Å². The minimum Gasteiger partial charge on any atom is -0.481 e. The van der Waals surface area contributed by atoms with Crippen LogP contribution in [0.15, 0.2) is 30.3 Å². The molecule has 1 atom stereocenters. The minimum atomic E-state index is -0.823. The van der Waals surface area contributed by atoms with E-state index >= 15 is 0 Å². The van der Waals surface area contributed by atoms with E-state index in [0.29, 0.717) is 31.6 Å². The molecule has 0 spiro atoms. The molecule has 126 valence electrons. The van der Waals surface area contributed by atoms with Crippen molar-refractivity contribution in [2.24, 2.45) is 5.92 Å². The standard InChI is InChI=1S/C17H23NO4S/c1-13(19)23-12-15(11-14-7-3-2-4-8-14)17(22)18-10-6-5-9-16(20)21/h2-4,7-8,15H,5-6,9-12H2,1H3,(H,18,22)(H,20,21). The predicted octanol–water partition coefficient (Wildman–Crippen LogP) is 2.50. The van der Waals surface area contributed by atoms with Crippen LogP contribution in [0.2, 0.25) is 0 Å². The van der Waals surface area contributed by atoms with Crippen molar-refractivity contribution in [1.29, 1.82) is 0 Å².